The molecule has 0 aromatic heterocycles. The largest absolute Gasteiger partial charge is 0.463 e. The fourth-order valence-corrected chi connectivity index (χ4v) is 3.31. The molecule has 1 heterocycles. The number of hydrogen-bond acceptors (Lipinski definition) is 5. The van der Waals surface area contributed by atoms with E-state index in [1.165, 1.54) is 14.2 Å². The lowest BCUT2D eigenvalue weighted by molar-refractivity contribution is 0.0358. The summed E-state index contributed by atoms with van der Waals surface area (Å²) < 4.78 is 9.31. The highest BCUT2D eigenvalue weighted by Crippen LogP contribution is 2.42. The van der Waals surface area contributed by atoms with Crippen LogP contribution in [0.15, 0.2) is 4.76 Å². The summed E-state index contributed by atoms with van der Waals surface area (Å²) in [5.74, 6) is 0.819. The zero-order valence-electron chi connectivity index (χ0n) is 14.2. The van der Waals surface area contributed by atoms with Gasteiger partial charge in [-0.3, -0.25) is 0 Å². The molecule has 0 radical (unpaired) electrons. The van der Waals surface area contributed by atoms with Crippen LogP contribution >= 0.6 is 8.22 Å². The van der Waals surface area contributed by atoms with Crippen LogP contribution < -0.4 is 0 Å². The number of rotatable bonds is 9. The minimum Gasteiger partial charge on any atom is -0.463 e. The third kappa shape index (κ3) is 5.38. The quantitative estimate of drug-likeness (QED) is 0.517. The second-order valence-electron chi connectivity index (χ2n) is 5.33. The van der Waals surface area contributed by atoms with Gasteiger partial charge in [-0.15, -0.1) is 4.83 Å². The van der Waals surface area contributed by atoms with Crippen molar-refractivity contribution in [1.29, 1.82) is 0 Å². The van der Waals surface area contributed by atoms with Crippen molar-refractivity contribution in [2.24, 2.45) is 4.76 Å². The first-order valence-corrected chi connectivity index (χ1v) is 9.18. The number of nitrogens with zero attached hydrogens (tertiary/aromatic N) is 4. The van der Waals surface area contributed by atoms with Gasteiger partial charge in [0.05, 0.1) is 7.11 Å². The van der Waals surface area contributed by atoms with E-state index in [0.717, 1.165) is 62.7 Å². The highest BCUT2D eigenvalue weighted by atomic mass is 31.1. The van der Waals surface area contributed by atoms with Gasteiger partial charge in [-0.1, -0.05) is 26.7 Å². The maximum Gasteiger partial charge on any atom is 0.367 e. The highest BCUT2D eigenvalue weighted by Gasteiger charge is 2.31. The van der Waals surface area contributed by atoms with Crippen LogP contribution in [0.1, 0.15) is 39.5 Å². The second kappa shape index (κ2) is 9.98. The number of unbranched alkanes of at least 4 members (excludes halogenated alkanes) is 2. The van der Waals surface area contributed by atoms with Crippen molar-refractivity contribution < 1.29 is 14.7 Å². The van der Waals surface area contributed by atoms with Crippen LogP contribution in [0.3, 0.4) is 0 Å². The van der Waals surface area contributed by atoms with Crippen molar-refractivity contribution in [3.05, 3.63) is 0 Å². The van der Waals surface area contributed by atoms with Gasteiger partial charge in [-0.2, -0.15) is 4.76 Å². The minimum atomic E-state index is -1.74. The van der Waals surface area contributed by atoms with Crippen molar-refractivity contribution in [2.75, 3.05) is 40.3 Å². The van der Waals surface area contributed by atoms with Crippen molar-refractivity contribution in [2.45, 2.75) is 39.5 Å². The van der Waals surface area contributed by atoms with Crippen molar-refractivity contribution >= 4 is 19.9 Å². The Hall–Kier alpha value is -0.910. The van der Waals surface area contributed by atoms with Crippen LogP contribution in [0.2, 0.25) is 0 Å². The molecule has 0 aromatic rings. The summed E-state index contributed by atoms with van der Waals surface area (Å²) in [6, 6.07) is 0. The molecule has 0 spiro atoms. The van der Waals surface area contributed by atoms with Gasteiger partial charge in [0, 0.05) is 33.2 Å². The molecule has 1 N–H and O–H groups in total. The molecular weight excluding hydrogens is 303 g/mol. The number of methoxy groups -OCH3 is 1. The molecule has 0 bridgehead atoms. The lowest BCUT2D eigenvalue weighted by Crippen LogP contribution is -2.35. The Morgan fingerprint density at radius 3 is 2.14 bits per heavy atom. The second-order valence-corrected chi connectivity index (χ2v) is 7.05. The van der Waals surface area contributed by atoms with E-state index in [-0.39, 0.29) is 0 Å². The molecule has 128 valence electrons. The van der Waals surface area contributed by atoms with Crippen LogP contribution in [0.4, 0.5) is 4.79 Å². The summed E-state index contributed by atoms with van der Waals surface area (Å²) in [4.78, 5) is 17.1. The van der Waals surface area contributed by atoms with E-state index in [1.807, 2.05) is 0 Å². The Morgan fingerprint density at radius 2 is 1.77 bits per heavy atom. The number of ether oxygens (including phenoxy) is 1. The SMILES string of the molecule is CCCCN1CCN(CCCC)C1=NP(C(=O)OC)N(C)O. The van der Waals surface area contributed by atoms with Gasteiger partial charge in [-0.25, -0.2) is 4.79 Å². The fourth-order valence-electron chi connectivity index (χ4n) is 2.28. The van der Waals surface area contributed by atoms with Crippen LogP contribution in [0.5, 0.6) is 0 Å². The van der Waals surface area contributed by atoms with E-state index in [0.29, 0.717) is 0 Å². The fraction of sp³-hybridized carbons (Fsp3) is 0.857. The van der Waals surface area contributed by atoms with E-state index in [2.05, 4.69) is 28.4 Å². The third-order valence-corrected chi connectivity index (χ3v) is 4.99. The zero-order chi connectivity index (χ0) is 16.5. The standard InChI is InChI=1S/C14H29N4O3P/c1-5-7-9-17-11-12-18(10-8-6-2)13(17)15-22(16(3)20)14(19)21-4/h20H,5-12H2,1-4H3. The maximum absolute atomic E-state index is 11.8. The monoisotopic (exact) mass is 332 g/mol. The van der Waals surface area contributed by atoms with E-state index >= 15 is 0 Å². The maximum atomic E-state index is 11.8. The van der Waals surface area contributed by atoms with Gasteiger partial charge in [0.1, 0.15) is 0 Å². The average Bonchev–Trinajstić information content (AvgIpc) is 2.89. The average molecular weight is 332 g/mol. The Balaban J connectivity index is 2.94. The molecule has 1 saturated heterocycles. The topological polar surface area (TPSA) is 68.6 Å². The molecule has 22 heavy (non-hydrogen) atoms. The molecule has 8 heteroatoms. The molecule has 1 rings (SSSR count). The number of guanidine groups is 1. The Bertz CT molecular complexity index is 361. The number of carbonyl (C=O) groups excluding carboxylic acids is 1. The van der Waals surface area contributed by atoms with Crippen molar-refractivity contribution in [3.63, 3.8) is 0 Å². The van der Waals surface area contributed by atoms with Crippen molar-refractivity contribution in [1.82, 2.24) is 14.6 Å². The summed E-state index contributed by atoms with van der Waals surface area (Å²) >= 11 is 0. The summed E-state index contributed by atoms with van der Waals surface area (Å²) in [6.45, 7) is 8.01. The van der Waals surface area contributed by atoms with E-state index < -0.39 is 13.9 Å². The van der Waals surface area contributed by atoms with Gasteiger partial charge in [0.15, 0.2) is 0 Å². The summed E-state index contributed by atoms with van der Waals surface area (Å²) in [5, 5.41) is 9.72. The molecule has 0 aromatic carbocycles. The van der Waals surface area contributed by atoms with Gasteiger partial charge in [-0.05, 0) is 12.8 Å². The van der Waals surface area contributed by atoms with Crippen LogP contribution in [-0.2, 0) is 4.74 Å². The van der Waals surface area contributed by atoms with E-state index in [9.17, 15) is 10.0 Å². The van der Waals surface area contributed by atoms with E-state index in [1.54, 1.807) is 0 Å². The smallest absolute Gasteiger partial charge is 0.367 e. The molecule has 1 aliphatic rings. The first-order valence-electron chi connectivity index (χ1n) is 7.94. The molecule has 1 atom stereocenters. The molecule has 1 unspecified atom stereocenters. The number of carbonyl (C=O) groups is 1. The third-order valence-electron chi connectivity index (χ3n) is 3.56. The highest BCUT2D eigenvalue weighted by molar-refractivity contribution is 7.70. The first kappa shape index (κ1) is 19.1. The molecule has 0 saturated carbocycles. The minimum absolute atomic E-state index is 0.495. The molecular formula is C14H29N4O3P. The Labute approximate surface area is 134 Å². The number of hydrogen-bond donors (Lipinski definition) is 1. The zero-order valence-corrected chi connectivity index (χ0v) is 15.1. The molecule has 7 nitrogen and oxygen atoms in total. The summed E-state index contributed by atoms with van der Waals surface area (Å²) in [7, 11) is 1.02. The summed E-state index contributed by atoms with van der Waals surface area (Å²) in [6.07, 6.45) is 4.41. The van der Waals surface area contributed by atoms with Gasteiger partial charge in [0.2, 0.25) is 14.2 Å². The lowest BCUT2D eigenvalue weighted by Gasteiger charge is -2.25. The predicted molar refractivity (Wildman–Crippen MR) is 89.3 cm³/mol. The van der Waals surface area contributed by atoms with Gasteiger partial charge in [0.25, 0.3) is 0 Å². The van der Waals surface area contributed by atoms with Crippen LogP contribution in [0, 0.1) is 0 Å². The normalized spacial score (nSPS) is 16.4. The number of hydroxylamine groups is 1. The Morgan fingerprint density at radius 1 is 1.27 bits per heavy atom. The molecule has 1 fully saturated rings. The lowest BCUT2D eigenvalue weighted by atomic mass is 10.3. The van der Waals surface area contributed by atoms with Gasteiger partial charge >= 0.3 is 5.71 Å². The molecule has 0 amide bonds. The van der Waals surface area contributed by atoms with E-state index in [4.69, 9.17) is 4.74 Å². The summed E-state index contributed by atoms with van der Waals surface area (Å²) in [5.41, 5.74) is -0.495. The first-order chi connectivity index (χ1) is 10.5. The Kier molecular flexibility index (Phi) is 8.68. The van der Waals surface area contributed by atoms with Gasteiger partial charge < -0.3 is 19.7 Å². The van der Waals surface area contributed by atoms with Crippen molar-refractivity contribution in [3.8, 4) is 0 Å². The molecule has 1 aliphatic heterocycles. The van der Waals surface area contributed by atoms with Crippen LogP contribution in [0.25, 0.3) is 0 Å². The molecule has 0 aliphatic carbocycles. The predicted octanol–water partition coefficient (Wildman–Crippen LogP) is 2.96. The van der Waals surface area contributed by atoms with Crippen LogP contribution in [-0.4, -0.2) is 71.8 Å².